The van der Waals surface area contributed by atoms with E-state index in [1.807, 2.05) is 0 Å². The first kappa shape index (κ1) is 19.8. The number of ether oxygens (including phenoxy) is 2. The standard InChI is InChI=1S/C20H20O7S/c1-25-16-8-6-13(11-17(16)26-2)19-20(28(3,23)24)14-10-12(5-9-18(21)22)4-7-15(14)27-19/h4,6-8,10-11H,5,9H2,1-3H3,(H,21,22). The lowest BCUT2D eigenvalue weighted by molar-refractivity contribution is -0.136. The van der Waals surface area contributed by atoms with E-state index in [2.05, 4.69) is 0 Å². The molecule has 3 rings (SSSR count). The van der Waals surface area contributed by atoms with Crippen LogP contribution in [0.3, 0.4) is 0 Å². The van der Waals surface area contributed by atoms with Gasteiger partial charge in [-0.1, -0.05) is 6.07 Å². The maximum atomic E-state index is 12.5. The van der Waals surface area contributed by atoms with Crippen molar-refractivity contribution in [2.75, 3.05) is 20.5 Å². The van der Waals surface area contributed by atoms with Crippen molar-refractivity contribution in [3.05, 3.63) is 42.0 Å². The Balaban J connectivity index is 2.21. The van der Waals surface area contributed by atoms with Gasteiger partial charge in [-0.05, 0) is 42.3 Å². The Kier molecular flexibility index (Phi) is 5.33. The second-order valence-electron chi connectivity index (χ2n) is 6.33. The van der Waals surface area contributed by atoms with Crippen molar-refractivity contribution in [3.8, 4) is 22.8 Å². The average molecular weight is 404 g/mol. The number of sulfone groups is 1. The van der Waals surface area contributed by atoms with Crippen LogP contribution in [0.25, 0.3) is 22.3 Å². The molecule has 28 heavy (non-hydrogen) atoms. The maximum Gasteiger partial charge on any atom is 0.303 e. The van der Waals surface area contributed by atoms with Crippen LogP contribution in [0.4, 0.5) is 0 Å². The summed E-state index contributed by atoms with van der Waals surface area (Å²) in [5.74, 6) is 0.247. The third-order valence-corrected chi connectivity index (χ3v) is 5.50. The van der Waals surface area contributed by atoms with Crippen molar-refractivity contribution >= 4 is 26.8 Å². The van der Waals surface area contributed by atoms with Gasteiger partial charge in [0.25, 0.3) is 0 Å². The third kappa shape index (κ3) is 3.82. The molecular weight excluding hydrogens is 384 g/mol. The maximum absolute atomic E-state index is 12.5. The van der Waals surface area contributed by atoms with E-state index in [9.17, 15) is 13.2 Å². The van der Waals surface area contributed by atoms with E-state index in [-0.39, 0.29) is 17.1 Å². The Morgan fingerprint density at radius 3 is 2.39 bits per heavy atom. The predicted octanol–water partition coefficient (Wildman–Crippen LogP) is 3.54. The van der Waals surface area contributed by atoms with Crippen LogP contribution in [0, 0.1) is 0 Å². The normalized spacial score (nSPS) is 11.5. The molecule has 0 unspecified atom stereocenters. The third-order valence-electron chi connectivity index (χ3n) is 4.35. The Morgan fingerprint density at radius 1 is 1.07 bits per heavy atom. The fourth-order valence-corrected chi connectivity index (χ4v) is 4.12. The zero-order valence-electron chi connectivity index (χ0n) is 15.7. The van der Waals surface area contributed by atoms with Gasteiger partial charge in [0.1, 0.15) is 10.5 Å². The number of aryl methyl sites for hydroxylation is 1. The number of rotatable bonds is 7. The smallest absolute Gasteiger partial charge is 0.303 e. The van der Waals surface area contributed by atoms with E-state index < -0.39 is 15.8 Å². The van der Waals surface area contributed by atoms with Crippen LogP contribution < -0.4 is 9.47 Å². The molecule has 0 aliphatic heterocycles. The number of carboxylic acids is 1. The lowest BCUT2D eigenvalue weighted by Crippen LogP contribution is -1.99. The highest BCUT2D eigenvalue weighted by molar-refractivity contribution is 7.91. The number of furan rings is 1. The van der Waals surface area contributed by atoms with Crippen molar-refractivity contribution in [3.63, 3.8) is 0 Å². The SMILES string of the molecule is COc1ccc(-c2oc3ccc(CCC(=O)O)cc3c2S(C)(=O)=O)cc1OC. The summed E-state index contributed by atoms with van der Waals surface area (Å²) in [4.78, 5) is 10.9. The number of carboxylic acid groups (broad SMARTS) is 1. The summed E-state index contributed by atoms with van der Waals surface area (Å²) in [5, 5.41) is 9.31. The number of fused-ring (bicyclic) bond motifs is 1. The number of hydrogen-bond donors (Lipinski definition) is 1. The second-order valence-corrected chi connectivity index (χ2v) is 8.28. The second kappa shape index (κ2) is 7.55. The Bertz CT molecular complexity index is 1140. The summed E-state index contributed by atoms with van der Waals surface area (Å²) in [6.45, 7) is 0. The first-order valence-electron chi connectivity index (χ1n) is 8.44. The zero-order valence-corrected chi connectivity index (χ0v) is 16.5. The van der Waals surface area contributed by atoms with Crippen molar-refractivity contribution in [2.45, 2.75) is 17.7 Å². The van der Waals surface area contributed by atoms with Crippen LogP contribution in [-0.2, 0) is 21.1 Å². The number of methoxy groups -OCH3 is 2. The van der Waals surface area contributed by atoms with Crippen molar-refractivity contribution in [1.82, 2.24) is 0 Å². The molecule has 3 aromatic rings. The molecule has 1 heterocycles. The lowest BCUT2D eigenvalue weighted by Gasteiger charge is -2.09. The largest absolute Gasteiger partial charge is 0.493 e. The van der Waals surface area contributed by atoms with Crippen LogP contribution in [0.5, 0.6) is 11.5 Å². The molecule has 0 saturated heterocycles. The molecule has 0 spiro atoms. The van der Waals surface area contributed by atoms with Gasteiger partial charge in [0, 0.05) is 23.6 Å². The molecular formula is C20H20O7S. The van der Waals surface area contributed by atoms with Crippen molar-refractivity contribution in [1.29, 1.82) is 0 Å². The molecule has 0 radical (unpaired) electrons. The highest BCUT2D eigenvalue weighted by atomic mass is 32.2. The molecule has 0 aliphatic carbocycles. The van der Waals surface area contributed by atoms with Crippen LogP contribution in [0.2, 0.25) is 0 Å². The van der Waals surface area contributed by atoms with Gasteiger partial charge in [0.05, 0.1) is 14.2 Å². The van der Waals surface area contributed by atoms with Crippen LogP contribution in [-0.4, -0.2) is 40.0 Å². The predicted molar refractivity (Wildman–Crippen MR) is 104 cm³/mol. The van der Waals surface area contributed by atoms with Gasteiger partial charge in [-0.15, -0.1) is 0 Å². The quantitative estimate of drug-likeness (QED) is 0.642. The minimum atomic E-state index is -3.63. The Labute approximate surface area is 162 Å². The molecule has 2 aromatic carbocycles. The highest BCUT2D eigenvalue weighted by Crippen LogP contribution is 2.40. The topological polar surface area (TPSA) is 103 Å². The fraction of sp³-hybridized carbons (Fsp3) is 0.250. The summed E-state index contributed by atoms with van der Waals surface area (Å²) >= 11 is 0. The van der Waals surface area contributed by atoms with Crippen LogP contribution >= 0.6 is 0 Å². The Hall–Kier alpha value is -3.00. The van der Waals surface area contributed by atoms with Gasteiger partial charge >= 0.3 is 5.97 Å². The van der Waals surface area contributed by atoms with E-state index in [1.165, 1.54) is 14.2 Å². The number of hydrogen-bond acceptors (Lipinski definition) is 6. The van der Waals surface area contributed by atoms with E-state index in [0.29, 0.717) is 34.5 Å². The van der Waals surface area contributed by atoms with Crippen LogP contribution in [0.15, 0.2) is 45.7 Å². The summed E-state index contributed by atoms with van der Waals surface area (Å²) in [5.41, 5.74) is 1.66. The molecule has 0 amide bonds. The molecule has 0 aliphatic rings. The molecule has 1 N–H and O–H groups in total. The summed E-state index contributed by atoms with van der Waals surface area (Å²) in [6.07, 6.45) is 1.37. The summed E-state index contributed by atoms with van der Waals surface area (Å²) in [6, 6.07) is 10.1. The van der Waals surface area contributed by atoms with E-state index >= 15 is 0 Å². The monoisotopic (exact) mass is 404 g/mol. The van der Waals surface area contributed by atoms with Gasteiger partial charge in [0.15, 0.2) is 27.1 Å². The molecule has 7 nitrogen and oxygen atoms in total. The molecule has 0 fully saturated rings. The average Bonchev–Trinajstić information content (AvgIpc) is 3.04. The number of carbonyl (C=O) groups is 1. The van der Waals surface area contributed by atoms with Gasteiger partial charge in [0.2, 0.25) is 0 Å². The Morgan fingerprint density at radius 2 is 1.79 bits per heavy atom. The van der Waals surface area contributed by atoms with Gasteiger partial charge in [-0.2, -0.15) is 0 Å². The minimum absolute atomic E-state index is 0.0416. The first-order chi connectivity index (χ1) is 13.2. The molecule has 148 valence electrons. The first-order valence-corrected chi connectivity index (χ1v) is 10.3. The van der Waals surface area contributed by atoms with Crippen molar-refractivity contribution in [2.24, 2.45) is 0 Å². The van der Waals surface area contributed by atoms with Crippen molar-refractivity contribution < 1.29 is 32.2 Å². The molecule has 1 aromatic heterocycles. The molecule has 0 saturated carbocycles. The zero-order chi connectivity index (χ0) is 20.5. The van der Waals surface area contributed by atoms with Gasteiger partial charge in [-0.3, -0.25) is 4.79 Å². The summed E-state index contributed by atoms with van der Waals surface area (Å²) in [7, 11) is -0.625. The molecule has 8 heteroatoms. The minimum Gasteiger partial charge on any atom is -0.493 e. The number of aliphatic carboxylic acids is 1. The molecule has 0 atom stereocenters. The van der Waals surface area contributed by atoms with Gasteiger partial charge in [-0.25, -0.2) is 8.42 Å². The molecule has 0 bridgehead atoms. The van der Waals surface area contributed by atoms with E-state index in [4.69, 9.17) is 19.0 Å². The van der Waals surface area contributed by atoms with E-state index in [1.54, 1.807) is 36.4 Å². The lowest BCUT2D eigenvalue weighted by atomic mass is 10.1. The number of benzene rings is 2. The van der Waals surface area contributed by atoms with Crippen LogP contribution in [0.1, 0.15) is 12.0 Å². The highest BCUT2D eigenvalue weighted by Gasteiger charge is 2.25. The van der Waals surface area contributed by atoms with E-state index in [0.717, 1.165) is 11.8 Å². The van der Waals surface area contributed by atoms with Gasteiger partial charge < -0.3 is 19.0 Å². The fourth-order valence-electron chi connectivity index (χ4n) is 3.06. The summed E-state index contributed by atoms with van der Waals surface area (Å²) < 4.78 is 41.5.